The molecule has 0 aromatic rings. The fourth-order valence-electron chi connectivity index (χ4n) is 0.246. The number of carboxylic acids is 1. The number of aliphatic carboxylic acids is 1. The third-order valence-electron chi connectivity index (χ3n) is 0.688. The second-order valence-corrected chi connectivity index (χ2v) is 1.37. The molecule has 0 saturated heterocycles. The Hall–Kier alpha value is 0.390. The number of rotatable bonds is 3. The van der Waals surface area contributed by atoms with Gasteiger partial charge in [0.1, 0.15) is 0 Å². The Bertz CT molecular complexity index is 89.3. The van der Waals surface area contributed by atoms with Crippen LogP contribution in [0.4, 0.5) is 0 Å². The third-order valence-corrected chi connectivity index (χ3v) is 0.688. The maximum Gasteiger partial charge on any atom is 1.00 e. The van der Waals surface area contributed by atoms with E-state index in [1.807, 2.05) is 0 Å². The van der Waals surface area contributed by atoms with Crippen LogP contribution in [0, 0.1) is 0 Å². The minimum atomic E-state index is -1.42. The summed E-state index contributed by atoms with van der Waals surface area (Å²) in [6.07, 6.45) is -1.52. The first kappa shape index (κ1) is 12.1. The van der Waals surface area contributed by atoms with E-state index in [9.17, 15) is 4.79 Å². The molecule has 0 radical (unpaired) electrons. The maximum atomic E-state index is 9.73. The zero-order valence-corrected chi connectivity index (χ0v) is 7.24. The van der Waals surface area contributed by atoms with E-state index < -0.39 is 12.1 Å². The molecular formula is C4H9NaO4. The molecule has 0 aromatic heterocycles. The number of hydrogen-bond donors (Lipinski definition) is 3. The quantitative estimate of drug-likeness (QED) is 0.352. The van der Waals surface area contributed by atoms with E-state index in [1.165, 1.54) is 0 Å². The van der Waals surface area contributed by atoms with Crippen molar-refractivity contribution >= 4 is 5.97 Å². The van der Waals surface area contributed by atoms with Crippen LogP contribution in [0.2, 0.25) is 0 Å². The maximum absolute atomic E-state index is 9.73. The van der Waals surface area contributed by atoms with Crippen LogP contribution < -0.4 is 29.6 Å². The van der Waals surface area contributed by atoms with Crippen molar-refractivity contribution in [3.05, 3.63) is 0 Å². The molecule has 5 heteroatoms. The first-order valence-corrected chi connectivity index (χ1v) is 2.20. The van der Waals surface area contributed by atoms with Gasteiger partial charge in [-0.3, -0.25) is 0 Å². The molecule has 0 rings (SSSR count). The van der Waals surface area contributed by atoms with Crippen LogP contribution in [0.15, 0.2) is 0 Å². The first-order chi connectivity index (χ1) is 3.68. The Labute approximate surface area is 76.3 Å². The number of hydrogen-bond acceptors (Lipinski definition) is 3. The Morgan fingerprint density at radius 1 is 1.67 bits per heavy atom. The van der Waals surface area contributed by atoms with Gasteiger partial charge in [0.25, 0.3) is 0 Å². The summed E-state index contributed by atoms with van der Waals surface area (Å²) in [5, 5.41) is 24.4. The molecule has 0 spiro atoms. The van der Waals surface area contributed by atoms with Crippen LogP contribution in [0.5, 0.6) is 0 Å². The number of aliphatic hydroxyl groups is 2. The molecule has 0 fully saturated rings. The van der Waals surface area contributed by atoms with Crippen LogP contribution in [0.1, 0.15) is 7.85 Å². The van der Waals surface area contributed by atoms with Crippen LogP contribution in [-0.4, -0.2) is 34.0 Å². The van der Waals surface area contributed by atoms with Gasteiger partial charge in [-0.1, -0.05) is 0 Å². The topological polar surface area (TPSA) is 77.8 Å². The van der Waals surface area contributed by atoms with Gasteiger partial charge in [0, 0.05) is 13.0 Å². The normalized spacial score (nSPS) is 11.8. The minimum absolute atomic E-state index is 0. The van der Waals surface area contributed by atoms with Crippen LogP contribution in [0.25, 0.3) is 0 Å². The van der Waals surface area contributed by atoms with Crippen molar-refractivity contribution in [2.45, 2.75) is 12.5 Å². The summed E-state index contributed by atoms with van der Waals surface area (Å²) in [4.78, 5) is 9.73. The Morgan fingerprint density at radius 3 is 2.22 bits per heavy atom. The molecule has 1 atom stereocenters. The van der Waals surface area contributed by atoms with Gasteiger partial charge in [-0.15, -0.1) is 0 Å². The molecule has 0 bridgehead atoms. The monoisotopic (exact) mass is 144 g/mol. The average Bonchev–Trinajstić information content (AvgIpc) is 1.67. The zero-order chi connectivity index (χ0) is 6.57. The predicted molar refractivity (Wildman–Crippen MR) is 26.5 cm³/mol. The van der Waals surface area contributed by atoms with Crippen molar-refractivity contribution in [2.24, 2.45) is 0 Å². The molecule has 1 unspecified atom stereocenters. The summed E-state index contributed by atoms with van der Waals surface area (Å²) >= 11 is 0. The van der Waals surface area contributed by atoms with Gasteiger partial charge >= 0.3 is 35.5 Å². The van der Waals surface area contributed by atoms with Gasteiger partial charge in [0.05, 0.1) is 0 Å². The molecular weight excluding hydrogens is 135 g/mol. The van der Waals surface area contributed by atoms with E-state index in [-0.39, 0.29) is 44.0 Å². The molecule has 9 heavy (non-hydrogen) atoms. The van der Waals surface area contributed by atoms with Crippen molar-refractivity contribution in [1.82, 2.24) is 0 Å². The Balaban J connectivity index is -0.000000245. The summed E-state index contributed by atoms with van der Waals surface area (Å²) in [5.41, 5.74) is 0. The fourth-order valence-corrected chi connectivity index (χ4v) is 0.246. The van der Waals surface area contributed by atoms with E-state index in [0.29, 0.717) is 0 Å². The van der Waals surface area contributed by atoms with E-state index >= 15 is 0 Å². The second-order valence-electron chi connectivity index (χ2n) is 1.37. The van der Waals surface area contributed by atoms with E-state index in [4.69, 9.17) is 15.3 Å². The summed E-state index contributed by atoms with van der Waals surface area (Å²) in [7, 11) is 0. The molecule has 3 N–H and O–H groups in total. The van der Waals surface area contributed by atoms with Crippen LogP contribution in [-0.2, 0) is 4.79 Å². The predicted octanol–water partition coefficient (Wildman–Crippen LogP) is -4.07. The fraction of sp³-hybridized carbons (Fsp3) is 0.750. The molecule has 0 aliphatic rings. The summed E-state index contributed by atoms with van der Waals surface area (Å²) in [6, 6.07) is 0. The Morgan fingerprint density at radius 2 is 2.11 bits per heavy atom. The Kier molecular flexibility index (Phi) is 8.75. The number of aliphatic hydroxyl groups excluding tert-OH is 2. The second kappa shape index (κ2) is 6.51. The van der Waals surface area contributed by atoms with E-state index in [2.05, 4.69) is 0 Å². The minimum Gasteiger partial charge on any atom is -1.00 e. The van der Waals surface area contributed by atoms with E-state index in [0.717, 1.165) is 0 Å². The summed E-state index contributed by atoms with van der Waals surface area (Å²) < 4.78 is 0. The van der Waals surface area contributed by atoms with E-state index in [1.54, 1.807) is 0 Å². The molecule has 0 aliphatic carbocycles. The molecule has 0 aromatic carbocycles. The van der Waals surface area contributed by atoms with Crippen LogP contribution >= 0.6 is 0 Å². The molecule has 0 aliphatic heterocycles. The smallest absolute Gasteiger partial charge is 1.00 e. The van der Waals surface area contributed by atoms with Crippen molar-refractivity contribution < 1.29 is 51.1 Å². The van der Waals surface area contributed by atoms with Crippen molar-refractivity contribution in [3.8, 4) is 0 Å². The molecule has 50 valence electrons. The molecule has 0 saturated carbocycles. The van der Waals surface area contributed by atoms with Crippen molar-refractivity contribution in [2.75, 3.05) is 6.61 Å². The van der Waals surface area contributed by atoms with Gasteiger partial charge in [-0.2, -0.15) is 0 Å². The number of carbonyl (C=O) groups is 1. The molecule has 0 heterocycles. The standard InChI is InChI=1S/C4H8O4.Na.H/c5-2-1-3(6)4(7)8;;/h3,5-6H,1-2H2,(H,7,8);;/q;+1;-1. The summed E-state index contributed by atoms with van der Waals surface area (Å²) in [6.45, 7) is -0.298. The molecule has 0 amide bonds. The van der Waals surface area contributed by atoms with Crippen LogP contribution in [0.3, 0.4) is 0 Å². The SMILES string of the molecule is O=C(O)C(O)CCO.[H-].[Na+]. The zero-order valence-electron chi connectivity index (χ0n) is 6.24. The largest absolute Gasteiger partial charge is 1.00 e. The molecule has 4 nitrogen and oxygen atoms in total. The van der Waals surface area contributed by atoms with Gasteiger partial charge in [0.2, 0.25) is 0 Å². The van der Waals surface area contributed by atoms with Gasteiger partial charge in [0.15, 0.2) is 6.10 Å². The van der Waals surface area contributed by atoms with Gasteiger partial charge in [-0.05, 0) is 0 Å². The number of carboxylic acid groups (broad SMARTS) is 1. The van der Waals surface area contributed by atoms with Gasteiger partial charge in [-0.25, -0.2) is 4.79 Å². The average molecular weight is 144 g/mol. The third kappa shape index (κ3) is 6.27. The van der Waals surface area contributed by atoms with Crippen molar-refractivity contribution in [3.63, 3.8) is 0 Å². The first-order valence-electron chi connectivity index (χ1n) is 2.20. The summed E-state index contributed by atoms with van der Waals surface area (Å²) in [5.74, 6) is -1.29. The van der Waals surface area contributed by atoms with Gasteiger partial charge < -0.3 is 16.7 Å². The van der Waals surface area contributed by atoms with Crippen molar-refractivity contribution in [1.29, 1.82) is 0 Å².